The van der Waals surface area contributed by atoms with Gasteiger partial charge in [0, 0.05) is 5.56 Å². The van der Waals surface area contributed by atoms with E-state index in [0.29, 0.717) is 18.2 Å². The Kier molecular flexibility index (Phi) is 5.77. The molecule has 0 bridgehead atoms. The first-order valence-corrected chi connectivity index (χ1v) is 9.03. The first-order chi connectivity index (χ1) is 15.3. The van der Waals surface area contributed by atoms with Crippen molar-refractivity contribution in [1.82, 2.24) is 20.3 Å². The van der Waals surface area contributed by atoms with Crippen molar-refractivity contribution < 1.29 is 31.1 Å². The Morgan fingerprint density at radius 2 is 1.67 bits per heavy atom. The molecule has 0 spiro atoms. The molecule has 1 unspecified atom stereocenters. The molecular formula is C20H12F6N6O. The maximum absolute atomic E-state index is 13.3. The molecule has 7 nitrogen and oxygen atoms in total. The minimum Gasteiger partial charge on any atom is -0.332 e. The normalized spacial score (nSPS) is 13.7. The van der Waals surface area contributed by atoms with E-state index in [1.165, 1.54) is 6.92 Å². The van der Waals surface area contributed by atoms with E-state index in [2.05, 4.69) is 15.5 Å². The van der Waals surface area contributed by atoms with E-state index >= 15 is 0 Å². The lowest BCUT2D eigenvalue weighted by atomic mass is 10.0. The van der Waals surface area contributed by atoms with Gasteiger partial charge < -0.3 is 5.32 Å². The lowest BCUT2D eigenvalue weighted by molar-refractivity contribution is -0.138. The molecule has 1 atom stereocenters. The molecule has 0 aliphatic carbocycles. The van der Waals surface area contributed by atoms with Crippen molar-refractivity contribution >= 4 is 16.9 Å². The minimum absolute atomic E-state index is 0.166. The second-order valence-corrected chi connectivity index (χ2v) is 7.20. The zero-order chi connectivity index (χ0) is 24.6. The summed E-state index contributed by atoms with van der Waals surface area (Å²) in [6.45, 7) is 0.762. The number of hydrogen-bond donors (Lipinski definition) is 1. The number of aromatic nitrogens is 3. The minimum atomic E-state index is -4.82. The maximum atomic E-state index is 13.3. The molecule has 13 heteroatoms. The van der Waals surface area contributed by atoms with E-state index in [0.717, 1.165) is 23.0 Å². The van der Waals surface area contributed by atoms with Crippen molar-refractivity contribution in [2.24, 2.45) is 0 Å². The topological polar surface area (TPSA) is 107 Å². The van der Waals surface area contributed by atoms with Crippen molar-refractivity contribution in [2.45, 2.75) is 31.4 Å². The average molecular weight is 466 g/mol. The van der Waals surface area contributed by atoms with E-state index in [1.807, 2.05) is 0 Å². The van der Waals surface area contributed by atoms with Crippen molar-refractivity contribution in [3.05, 3.63) is 58.7 Å². The van der Waals surface area contributed by atoms with Crippen LogP contribution in [0, 0.1) is 22.7 Å². The maximum Gasteiger partial charge on any atom is 0.418 e. The molecule has 0 fully saturated rings. The molecule has 1 aromatic heterocycles. The van der Waals surface area contributed by atoms with Gasteiger partial charge in [-0.1, -0.05) is 0 Å². The van der Waals surface area contributed by atoms with Crippen LogP contribution in [0.15, 0.2) is 36.4 Å². The Balaban J connectivity index is 1.88. The van der Waals surface area contributed by atoms with Gasteiger partial charge in [-0.05, 0) is 43.3 Å². The SMILES string of the molecule is CC(C#N)(Cn1nc2cc(C#N)cc(C(F)(F)F)c2n1)NC(=O)c1ccc(C(F)(F)F)cc1. The molecule has 3 rings (SSSR count). The molecule has 1 N–H and O–H groups in total. The van der Waals surface area contributed by atoms with Gasteiger partial charge in [0.05, 0.1) is 35.4 Å². The van der Waals surface area contributed by atoms with Crippen LogP contribution in [0.1, 0.15) is 34.0 Å². The van der Waals surface area contributed by atoms with Crippen LogP contribution in [-0.2, 0) is 18.9 Å². The second kappa shape index (κ2) is 8.09. The van der Waals surface area contributed by atoms with Crippen LogP contribution in [0.3, 0.4) is 0 Å². The zero-order valence-electron chi connectivity index (χ0n) is 16.6. The van der Waals surface area contributed by atoms with Crippen LogP contribution in [0.2, 0.25) is 0 Å². The molecule has 1 amide bonds. The predicted octanol–water partition coefficient (Wildman–Crippen LogP) is 4.05. The Bertz CT molecular complexity index is 1300. The monoisotopic (exact) mass is 466 g/mol. The van der Waals surface area contributed by atoms with E-state index in [4.69, 9.17) is 5.26 Å². The number of carbonyl (C=O) groups is 1. The summed E-state index contributed by atoms with van der Waals surface area (Å²) in [5, 5.41) is 28.4. The molecule has 1 heterocycles. The molecule has 170 valence electrons. The van der Waals surface area contributed by atoms with E-state index in [9.17, 15) is 36.4 Å². The molecule has 0 radical (unpaired) electrons. The van der Waals surface area contributed by atoms with Crippen molar-refractivity contribution in [2.75, 3.05) is 0 Å². The van der Waals surface area contributed by atoms with Gasteiger partial charge in [-0.2, -0.15) is 51.9 Å². The summed E-state index contributed by atoms with van der Waals surface area (Å²) in [5.41, 5.74) is -5.12. The van der Waals surface area contributed by atoms with Crippen molar-refractivity contribution in [1.29, 1.82) is 10.5 Å². The zero-order valence-corrected chi connectivity index (χ0v) is 16.6. The molecule has 33 heavy (non-hydrogen) atoms. The van der Waals surface area contributed by atoms with Gasteiger partial charge in [-0.25, -0.2) is 0 Å². The smallest absolute Gasteiger partial charge is 0.332 e. The van der Waals surface area contributed by atoms with Gasteiger partial charge in [0.25, 0.3) is 5.91 Å². The fourth-order valence-electron chi connectivity index (χ4n) is 2.93. The highest BCUT2D eigenvalue weighted by Crippen LogP contribution is 2.34. The molecule has 0 aliphatic rings. The number of nitrogens with one attached hydrogen (secondary N) is 1. The number of alkyl halides is 6. The Morgan fingerprint density at radius 1 is 1.03 bits per heavy atom. The largest absolute Gasteiger partial charge is 0.418 e. The number of benzene rings is 2. The van der Waals surface area contributed by atoms with Gasteiger partial charge in [0.2, 0.25) is 0 Å². The molecule has 0 saturated carbocycles. The summed E-state index contributed by atoms with van der Waals surface area (Å²) in [5.74, 6) is -0.882. The lowest BCUT2D eigenvalue weighted by Gasteiger charge is -2.22. The highest BCUT2D eigenvalue weighted by atomic mass is 19.4. The molecule has 2 aromatic carbocycles. The van der Waals surface area contributed by atoms with Crippen LogP contribution < -0.4 is 5.32 Å². The number of hydrogen-bond acceptors (Lipinski definition) is 5. The molecular weight excluding hydrogens is 454 g/mol. The third-order valence-corrected chi connectivity index (χ3v) is 4.53. The number of rotatable bonds is 4. The first kappa shape index (κ1) is 23.5. The van der Waals surface area contributed by atoms with Crippen LogP contribution in [0.25, 0.3) is 11.0 Å². The second-order valence-electron chi connectivity index (χ2n) is 7.20. The van der Waals surface area contributed by atoms with Gasteiger partial charge >= 0.3 is 12.4 Å². The fraction of sp³-hybridized carbons (Fsp3) is 0.250. The van der Waals surface area contributed by atoms with E-state index in [1.54, 1.807) is 12.1 Å². The summed E-state index contributed by atoms with van der Waals surface area (Å²) >= 11 is 0. The summed E-state index contributed by atoms with van der Waals surface area (Å²) in [6.07, 6.45) is -9.41. The average Bonchev–Trinajstić information content (AvgIpc) is 3.13. The Labute approximate surface area is 181 Å². The first-order valence-electron chi connectivity index (χ1n) is 9.03. The number of carbonyl (C=O) groups excluding carboxylic acids is 1. The van der Waals surface area contributed by atoms with E-state index < -0.39 is 47.0 Å². The van der Waals surface area contributed by atoms with Crippen molar-refractivity contribution in [3.63, 3.8) is 0 Å². The summed E-state index contributed by atoms with van der Waals surface area (Å²) in [6, 6.07) is 8.36. The number of halogens is 6. The number of amides is 1. The van der Waals surface area contributed by atoms with E-state index in [-0.39, 0.29) is 16.6 Å². The highest BCUT2D eigenvalue weighted by Gasteiger charge is 2.36. The van der Waals surface area contributed by atoms with Gasteiger partial charge in [0.15, 0.2) is 0 Å². The highest BCUT2D eigenvalue weighted by molar-refractivity contribution is 5.95. The van der Waals surface area contributed by atoms with Gasteiger partial charge in [-0.3, -0.25) is 4.79 Å². The number of nitriles is 2. The molecule has 0 aliphatic heterocycles. The van der Waals surface area contributed by atoms with Gasteiger partial charge in [0.1, 0.15) is 16.6 Å². The molecule has 0 saturated heterocycles. The number of nitrogens with zero attached hydrogens (tertiary/aromatic N) is 5. The molecule has 3 aromatic rings. The Morgan fingerprint density at radius 3 is 2.18 bits per heavy atom. The Hall–Kier alpha value is -4.13. The van der Waals surface area contributed by atoms with Crippen molar-refractivity contribution in [3.8, 4) is 12.1 Å². The summed E-state index contributed by atoms with van der Waals surface area (Å²) in [7, 11) is 0. The fourth-order valence-corrected chi connectivity index (χ4v) is 2.93. The predicted molar refractivity (Wildman–Crippen MR) is 100 cm³/mol. The van der Waals surface area contributed by atoms with Gasteiger partial charge in [-0.15, -0.1) is 0 Å². The van der Waals surface area contributed by atoms with Crippen LogP contribution in [0.5, 0.6) is 0 Å². The summed E-state index contributed by atoms with van der Waals surface area (Å²) < 4.78 is 78.1. The summed E-state index contributed by atoms with van der Waals surface area (Å²) in [4.78, 5) is 13.2. The third-order valence-electron chi connectivity index (χ3n) is 4.53. The van der Waals surface area contributed by atoms with Crippen LogP contribution in [0.4, 0.5) is 26.3 Å². The van der Waals surface area contributed by atoms with Crippen LogP contribution >= 0.6 is 0 Å². The number of fused-ring (bicyclic) bond motifs is 1. The standard InChI is InChI=1S/C20H12F6N6O/c1-18(9-28,29-17(33)12-2-4-13(5-3-12)19(21,22)23)10-32-30-15-7-11(8-27)6-14(16(15)31-32)20(24,25)26/h2-7H,10H2,1H3,(H,29,33). The van der Waals surface area contributed by atoms with Crippen LogP contribution in [-0.4, -0.2) is 26.4 Å². The third kappa shape index (κ3) is 5.03. The lowest BCUT2D eigenvalue weighted by Crippen LogP contribution is -2.48. The quantitative estimate of drug-likeness (QED) is 0.584.